The highest BCUT2D eigenvalue weighted by Gasteiger charge is 2.26. The van der Waals surface area contributed by atoms with E-state index in [0.717, 1.165) is 9.35 Å². The van der Waals surface area contributed by atoms with Crippen LogP contribution in [0.5, 0.6) is 0 Å². The first kappa shape index (κ1) is 9.67. The molecule has 74 valence electrons. The van der Waals surface area contributed by atoms with Crippen LogP contribution in [0.2, 0.25) is 0 Å². The second-order valence-electron chi connectivity index (χ2n) is 2.94. The van der Waals surface area contributed by atoms with Crippen LogP contribution in [0, 0.1) is 0 Å². The van der Waals surface area contributed by atoms with Gasteiger partial charge in [-0.1, -0.05) is 0 Å². The molecular formula is C8H7BrN2O2S. The van der Waals surface area contributed by atoms with Crippen LogP contribution < -0.4 is 5.32 Å². The van der Waals surface area contributed by atoms with E-state index in [2.05, 4.69) is 21.2 Å². The zero-order valence-corrected chi connectivity index (χ0v) is 9.52. The van der Waals surface area contributed by atoms with Gasteiger partial charge in [0.25, 0.3) is 0 Å². The van der Waals surface area contributed by atoms with Crippen molar-refractivity contribution in [2.45, 2.75) is 6.54 Å². The zero-order valence-electron chi connectivity index (χ0n) is 7.12. The van der Waals surface area contributed by atoms with Gasteiger partial charge in [0.2, 0.25) is 5.91 Å². The largest absolute Gasteiger partial charge is 0.324 e. The van der Waals surface area contributed by atoms with Crippen molar-refractivity contribution in [2.24, 2.45) is 0 Å². The maximum Gasteiger partial charge on any atom is 0.324 e. The normalized spacial score (nSPS) is 16.2. The van der Waals surface area contributed by atoms with E-state index < -0.39 is 0 Å². The minimum atomic E-state index is -0.306. The van der Waals surface area contributed by atoms with Gasteiger partial charge in [0.15, 0.2) is 0 Å². The summed E-state index contributed by atoms with van der Waals surface area (Å²) in [5.41, 5.74) is 0. The molecule has 1 aliphatic heterocycles. The fraction of sp³-hybridized carbons (Fsp3) is 0.250. The molecule has 1 aliphatic rings. The minimum Gasteiger partial charge on any atom is -0.310 e. The Bertz CT molecular complexity index is 390. The lowest BCUT2D eigenvalue weighted by Crippen LogP contribution is -2.27. The van der Waals surface area contributed by atoms with Gasteiger partial charge in [0, 0.05) is 14.7 Å². The molecule has 14 heavy (non-hydrogen) atoms. The summed E-state index contributed by atoms with van der Waals surface area (Å²) >= 11 is 4.89. The molecule has 6 heteroatoms. The van der Waals surface area contributed by atoms with E-state index in [9.17, 15) is 9.59 Å². The van der Waals surface area contributed by atoms with Crippen LogP contribution in [0.4, 0.5) is 4.79 Å². The van der Waals surface area contributed by atoms with Crippen LogP contribution in [0.3, 0.4) is 0 Å². The van der Waals surface area contributed by atoms with Crippen LogP contribution in [-0.4, -0.2) is 23.4 Å². The van der Waals surface area contributed by atoms with E-state index in [4.69, 9.17) is 0 Å². The van der Waals surface area contributed by atoms with Crippen molar-refractivity contribution >= 4 is 39.2 Å². The number of carbonyl (C=O) groups excluding carboxylic acids is 2. The first-order chi connectivity index (χ1) is 6.65. The molecule has 0 bridgehead atoms. The number of thiophene rings is 1. The third kappa shape index (κ3) is 1.96. The van der Waals surface area contributed by atoms with Crippen LogP contribution in [0.1, 0.15) is 4.88 Å². The molecule has 0 spiro atoms. The van der Waals surface area contributed by atoms with Crippen molar-refractivity contribution in [1.82, 2.24) is 10.2 Å². The summed E-state index contributed by atoms with van der Waals surface area (Å²) in [6, 6.07) is 1.64. The molecule has 2 rings (SSSR count). The number of nitrogens with zero attached hydrogens (tertiary/aromatic N) is 1. The fourth-order valence-electron chi connectivity index (χ4n) is 1.24. The molecule has 3 amide bonds. The van der Waals surface area contributed by atoms with Crippen molar-refractivity contribution in [3.05, 3.63) is 20.8 Å². The van der Waals surface area contributed by atoms with Gasteiger partial charge in [0.05, 0.1) is 6.54 Å². The van der Waals surface area contributed by atoms with Crippen molar-refractivity contribution in [3.8, 4) is 0 Å². The van der Waals surface area contributed by atoms with Gasteiger partial charge in [-0.3, -0.25) is 10.1 Å². The van der Waals surface area contributed by atoms with Gasteiger partial charge in [-0.05, 0) is 22.0 Å². The number of urea groups is 1. The Labute approximate surface area is 93.0 Å². The van der Waals surface area contributed by atoms with Crippen molar-refractivity contribution < 1.29 is 9.59 Å². The summed E-state index contributed by atoms with van der Waals surface area (Å²) in [6.45, 7) is 0.655. The summed E-state index contributed by atoms with van der Waals surface area (Å²) in [4.78, 5) is 24.6. The number of amides is 3. The smallest absolute Gasteiger partial charge is 0.310 e. The average Bonchev–Trinajstić information content (AvgIpc) is 2.61. The Morgan fingerprint density at radius 1 is 1.57 bits per heavy atom. The maximum atomic E-state index is 11.2. The van der Waals surface area contributed by atoms with Crippen LogP contribution in [0.25, 0.3) is 0 Å². The van der Waals surface area contributed by atoms with Gasteiger partial charge >= 0.3 is 6.03 Å². The zero-order chi connectivity index (χ0) is 10.1. The molecule has 1 aromatic rings. The highest BCUT2D eigenvalue weighted by Crippen LogP contribution is 2.21. The summed E-state index contributed by atoms with van der Waals surface area (Å²) in [5, 5.41) is 4.18. The molecule has 1 aromatic heterocycles. The first-order valence-corrected chi connectivity index (χ1v) is 5.64. The Balaban J connectivity index is 2.05. The molecule has 0 saturated carbocycles. The molecule has 4 nitrogen and oxygen atoms in total. The van der Waals surface area contributed by atoms with E-state index in [1.165, 1.54) is 4.90 Å². The highest BCUT2D eigenvalue weighted by molar-refractivity contribution is 9.10. The summed E-state index contributed by atoms with van der Waals surface area (Å²) in [6.07, 6.45) is 0. The number of nitrogens with one attached hydrogen (secondary N) is 1. The number of hydrogen-bond acceptors (Lipinski definition) is 3. The Morgan fingerprint density at radius 3 is 2.86 bits per heavy atom. The molecule has 1 saturated heterocycles. The predicted molar refractivity (Wildman–Crippen MR) is 56.0 cm³/mol. The second kappa shape index (κ2) is 3.70. The third-order valence-corrected chi connectivity index (χ3v) is 3.52. The minimum absolute atomic E-state index is 0.161. The monoisotopic (exact) mass is 274 g/mol. The quantitative estimate of drug-likeness (QED) is 0.833. The number of imide groups is 1. The molecule has 0 aromatic carbocycles. The molecule has 0 radical (unpaired) electrons. The topological polar surface area (TPSA) is 49.4 Å². The third-order valence-electron chi connectivity index (χ3n) is 1.84. The lowest BCUT2D eigenvalue weighted by atomic mass is 10.4. The maximum absolute atomic E-state index is 11.2. The first-order valence-electron chi connectivity index (χ1n) is 3.97. The van der Waals surface area contributed by atoms with Gasteiger partial charge in [-0.2, -0.15) is 0 Å². The molecule has 1 fully saturated rings. The highest BCUT2D eigenvalue weighted by atomic mass is 79.9. The molecule has 2 heterocycles. The Hall–Kier alpha value is -0.880. The lowest BCUT2D eigenvalue weighted by molar-refractivity contribution is -0.118. The predicted octanol–water partition coefficient (Wildman–Crippen LogP) is 1.56. The van der Waals surface area contributed by atoms with E-state index in [1.807, 2.05) is 11.4 Å². The SMILES string of the molecule is O=C1CN(Cc2cc(Br)cs2)C(=O)N1. The van der Waals surface area contributed by atoms with Crippen molar-refractivity contribution in [3.63, 3.8) is 0 Å². The lowest BCUT2D eigenvalue weighted by Gasteiger charge is -2.10. The van der Waals surface area contributed by atoms with E-state index in [0.29, 0.717) is 6.54 Å². The average molecular weight is 275 g/mol. The van der Waals surface area contributed by atoms with Gasteiger partial charge in [0.1, 0.15) is 6.54 Å². The molecular weight excluding hydrogens is 268 g/mol. The van der Waals surface area contributed by atoms with Gasteiger partial charge in [-0.15, -0.1) is 11.3 Å². The number of rotatable bonds is 2. The van der Waals surface area contributed by atoms with Gasteiger partial charge in [-0.25, -0.2) is 4.79 Å². The second-order valence-corrected chi connectivity index (χ2v) is 4.85. The summed E-state index contributed by atoms with van der Waals surface area (Å²) < 4.78 is 1.00. The molecule has 0 aliphatic carbocycles. The van der Waals surface area contributed by atoms with E-state index in [-0.39, 0.29) is 18.5 Å². The standard InChI is InChI=1S/C8H7BrN2O2S/c9-5-1-6(14-4-5)2-11-3-7(12)10-8(11)13/h1,4H,2-3H2,(H,10,12,13). The van der Waals surface area contributed by atoms with E-state index >= 15 is 0 Å². The van der Waals surface area contributed by atoms with Crippen molar-refractivity contribution in [2.75, 3.05) is 6.54 Å². The summed E-state index contributed by atoms with van der Waals surface area (Å²) in [5.74, 6) is -0.231. The molecule has 0 atom stereocenters. The fourth-order valence-corrected chi connectivity index (χ4v) is 2.70. The number of carbonyl (C=O) groups is 2. The van der Waals surface area contributed by atoms with Crippen LogP contribution in [0.15, 0.2) is 15.9 Å². The summed E-state index contributed by atoms with van der Waals surface area (Å²) in [7, 11) is 0. The van der Waals surface area contributed by atoms with E-state index in [1.54, 1.807) is 11.3 Å². The van der Waals surface area contributed by atoms with Gasteiger partial charge < -0.3 is 4.90 Å². The number of halogens is 1. The molecule has 0 unspecified atom stereocenters. The van der Waals surface area contributed by atoms with Crippen molar-refractivity contribution in [1.29, 1.82) is 0 Å². The Kier molecular flexibility index (Phi) is 2.56. The van der Waals surface area contributed by atoms with Crippen LogP contribution in [-0.2, 0) is 11.3 Å². The Morgan fingerprint density at radius 2 is 2.36 bits per heavy atom. The number of hydrogen-bond donors (Lipinski definition) is 1. The molecule has 1 N–H and O–H groups in total. The van der Waals surface area contributed by atoms with Crippen LogP contribution >= 0.6 is 27.3 Å².